The quantitative estimate of drug-likeness (QED) is 0.480. The lowest BCUT2D eigenvalue weighted by Gasteiger charge is -2.29. The Morgan fingerprint density at radius 3 is 2.72 bits per heavy atom. The van der Waals surface area contributed by atoms with Crippen molar-refractivity contribution >= 4 is 44.2 Å². The number of anilines is 1. The number of benzene rings is 2. The van der Waals surface area contributed by atoms with Gasteiger partial charge in [-0.15, -0.1) is 0 Å². The van der Waals surface area contributed by atoms with Crippen LogP contribution in [0.3, 0.4) is 0 Å². The summed E-state index contributed by atoms with van der Waals surface area (Å²) < 4.78 is 12.0. The highest BCUT2D eigenvalue weighted by Gasteiger charge is 2.22. The van der Waals surface area contributed by atoms with Crippen LogP contribution < -0.4 is 9.64 Å². The van der Waals surface area contributed by atoms with Crippen LogP contribution in [0.2, 0.25) is 5.02 Å². The molecule has 0 bridgehead atoms. The molecule has 2 heterocycles. The minimum Gasteiger partial charge on any atom is -0.494 e. The van der Waals surface area contributed by atoms with Gasteiger partial charge in [0, 0.05) is 31.2 Å². The maximum absolute atomic E-state index is 13.4. The molecule has 0 unspecified atom stereocenters. The number of carbonyl (C=O) groups is 1. The molecular formula is C24H28ClN3O3S. The molecule has 0 atom stereocenters. The number of aryl methyl sites for hydroxylation is 1. The van der Waals surface area contributed by atoms with Crippen molar-refractivity contribution in [1.29, 1.82) is 0 Å². The van der Waals surface area contributed by atoms with Gasteiger partial charge in [0.2, 0.25) is 5.91 Å². The molecule has 1 fully saturated rings. The van der Waals surface area contributed by atoms with Gasteiger partial charge in [0.1, 0.15) is 5.75 Å². The minimum absolute atomic E-state index is 0.0326. The van der Waals surface area contributed by atoms with Gasteiger partial charge in [0.25, 0.3) is 0 Å². The second-order valence-electron chi connectivity index (χ2n) is 7.82. The molecule has 0 N–H and O–H groups in total. The third-order valence-corrected chi connectivity index (χ3v) is 6.75. The predicted octanol–water partition coefficient (Wildman–Crippen LogP) is 4.56. The zero-order chi connectivity index (χ0) is 22.5. The Labute approximate surface area is 197 Å². The van der Waals surface area contributed by atoms with Gasteiger partial charge >= 0.3 is 0 Å². The van der Waals surface area contributed by atoms with E-state index < -0.39 is 0 Å². The van der Waals surface area contributed by atoms with E-state index in [1.807, 2.05) is 55.1 Å². The van der Waals surface area contributed by atoms with Gasteiger partial charge in [0.15, 0.2) is 5.13 Å². The highest BCUT2D eigenvalue weighted by molar-refractivity contribution is 7.22. The van der Waals surface area contributed by atoms with E-state index in [1.165, 1.54) is 11.3 Å². The fourth-order valence-electron chi connectivity index (χ4n) is 3.79. The van der Waals surface area contributed by atoms with Gasteiger partial charge in [-0.1, -0.05) is 35.1 Å². The van der Waals surface area contributed by atoms with E-state index in [1.54, 1.807) is 0 Å². The van der Waals surface area contributed by atoms with E-state index in [4.69, 9.17) is 26.1 Å². The van der Waals surface area contributed by atoms with E-state index in [0.717, 1.165) is 65.1 Å². The second-order valence-corrected chi connectivity index (χ2v) is 9.26. The predicted molar refractivity (Wildman–Crippen MR) is 130 cm³/mol. The lowest BCUT2D eigenvalue weighted by atomic mass is 10.1. The first kappa shape index (κ1) is 23.0. The van der Waals surface area contributed by atoms with Crippen LogP contribution in [0.5, 0.6) is 5.75 Å². The number of halogens is 1. The molecule has 0 radical (unpaired) electrons. The Hall–Kier alpha value is -2.19. The van der Waals surface area contributed by atoms with Crippen molar-refractivity contribution in [3.05, 3.63) is 52.5 Å². The van der Waals surface area contributed by atoms with Crippen LogP contribution in [-0.4, -0.2) is 61.8 Å². The van der Waals surface area contributed by atoms with Crippen molar-refractivity contribution in [3.63, 3.8) is 0 Å². The van der Waals surface area contributed by atoms with Crippen LogP contribution in [0.1, 0.15) is 18.1 Å². The number of morpholine rings is 1. The number of rotatable bonds is 8. The molecule has 0 saturated carbocycles. The third kappa shape index (κ3) is 5.59. The number of hydrogen-bond donors (Lipinski definition) is 0. The lowest BCUT2D eigenvalue weighted by molar-refractivity contribution is -0.118. The number of hydrogen-bond acceptors (Lipinski definition) is 6. The summed E-state index contributed by atoms with van der Waals surface area (Å²) in [6.45, 7) is 9.18. The summed E-state index contributed by atoms with van der Waals surface area (Å²) in [6.07, 6.45) is 0.311. The molecule has 6 nitrogen and oxygen atoms in total. The number of fused-ring (bicyclic) bond motifs is 1. The first-order chi connectivity index (χ1) is 15.5. The molecule has 2 aromatic carbocycles. The Morgan fingerprint density at radius 1 is 1.25 bits per heavy atom. The minimum atomic E-state index is 0.0326. The van der Waals surface area contributed by atoms with Gasteiger partial charge in [-0.05, 0) is 49.2 Å². The van der Waals surface area contributed by atoms with Crippen LogP contribution in [0.15, 0.2) is 36.4 Å². The SMILES string of the molecule is CCOc1ccc(CC(=O)N(CCN2CCOCC2)c2nc3c(C)cc(Cl)cc3s2)cc1. The van der Waals surface area contributed by atoms with Crippen molar-refractivity contribution in [2.24, 2.45) is 0 Å². The standard InChI is InChI=1S/C24H28ClN3O3S/c1-3-31-20-6-4-18(5-7-20)15-22(29)28(9-8-27-10-12-30-13-11-27)24-26-23-17(2)14-19(25)16-21(23)32-24/h4-7,14,16H,3,8-13,15H2,1-2H3. The number of aromatic nitrogens is 1. The van der Waals surface area contributed by atoms with E-state index in [-0.39, 0.29) is 5.91 Å². The summed E-state index contributed by atoms with van der Waals surface area (Å²) >= 11 is 7.76. The molecule has 1 aromatic heterocycles. The monoisotopic (exact) mass is 473 g/mol. The Balaban J connectivity index is 1.56. The Morgan fingerprint density at radius 2 is 2.00 bits per heavy atom. The molecule has 1 aliphatic heterocycles. The molecule has 1 saturated heterocycles. The van der Waals surface area contributed by atoms with Crippen LogP contribution in [0, 0.1) is 6.92 Å². The second kappa shape index (κ2) is 10.6. The highest BCUT2D eigenvalue weighted by Crippen LogP contribution is 2.33. The number of amides is 1. The molecule has 8 heteroatoms. The van der Waals surface area contributed by atoms with Gasteiger partial charge in [-0.25, -0.2) is 4.98 Å². The smallest absolute Gasteiger partial charge is 0.233 e. The van der Waals surface area contributed by atoms with Crippen molar-refractivity contribution in [2.45, 2.75) is 20.3 Å². The normalized spacial score (nSPS) is 14.6. The van der Waals surface area contributed by atoms with Crippen LogP contribution in [0.4, 0.5) is 5.13 Å². The molecule has 1 amide bonds. The Bertz CT molecular complexity index is 1060. The first-order valence-electron chi connectivity index (χ1n) is 10.9. The largest absolute Gasteiger partial charge is 0.494 e. The van der Waals surface area contributed by atoms with E-state index in [2.05, 4.69) is 4.90 Å². The van der Waals surface area contributed by atoms with Gasteiger partial charge in [0.05, 0.1) is 36.5 Å². The van der Waals surface area contributed by atoms with E-state index in [0.29, 0.717) is 24.6 Å². The summed E-state index contributed by atoms with van der Waals surface area (Å²) in [4.78, 5) is 22.4. The van der Waals surface area contributed by atoms with Crippen molar-refractivity contribution < 1.29 is 14.3 Å². The topological polar surface area (TPSA) is 54.9 Å². The fourth-order valence-corrected chi connectivity index (χ4v) is 5.26. The van der Waals surface area contributed by atoms with E-state index >= 15 is 0 Å². The first-order valence-corrected chi connectivity index (χ1v) is 12.1. The van der Waals surface area contributed by atoms with Gasteiger partial charge in [-0.3, -0.25) is 14.6 Å². The fraction of sp³-hybridized carbons (Fsp3) is 0.417. The van der Waals surface area contributed by atoms with Crippen LogP contribution >= 0.6 is 22.9 Å². The molecule has 3 aromatic rings. The number of nitrogens with zero attached hydrogens (tertiary/aromatic N) is 3. The molecule has 1 aliphatic rings. The zero-order valence-corrected chi connectivity index (χ0v) is 20.0. The maximum Gasteiger partial charge on any atom is 0.233 e. The Kier molecular flexibility index (Phi) is 7.63. The summed E-state index contributed by atoms with van der Waals surface area (Å²) in [5.41, 5.74) is 2.87. The molecular weight excluding hydrogens is 446 g/mol. The zero-order valence-electron chi connectivity index (χ0n) is 18.5. The molecule has 0 aliphatic carbocycles. The van der Waals surface area contributed by atoms with Crippen molar-refractivity contribution in [2.75, 3.05) is 50.9 Å². The third-order valence-electron chi connectivity index (χ3n) is 5.50. The maximum atomic E-state index is 13.4. The number of carbonyl (C=O) groups excluding carboxylic acids is 1. The average molecular weight is 474 g/mol. The highest BCUT2D eigenvalue weighted by atomic mass is 35.5. The van der Waals surface area contributed by atoms with Crippen LogP contribution in [-0.2, 0) is 16.0 Å². The van der Waals surface area contributed by atoms with Gasteiger partial charge < -0.3 is 9.47 Å². The molecule has 0 spiro atoms. The summed E-state index contributed by atoms with van der Waals surface area (Å²) in [7, 11) is 0. The van der Waals surface area contributed by atoms with Crippen LogP contribution in [0.25, 0.3) is 10.2 Å². The van der Waals surface area contributed by atoms with Crippen molar-refractivity contribution in [1.82, 2.24) is 9.88 Å². The number of ether oxygens (including phenoxy) is 2. The van der Waals surface area contributed by atoms with Gasteiger partial charge in [-0.2, -0.15) is 0 Å². The van der Waals surface area contributed by atoms with E-state index in [9.17, 15) is 4.79 Å². The van der Waals surface area contributed by atoms with Crippen molar-refractivity contribution in [3.8, 4) is 5.75 Å². The number of thiazole rings is 1. The summed E-state index contributed by atoms with van der Waals surface area (Å²) in [5, 5.41) is 1.40. The molecule has 32 heavy (non-hydrogen) atoms. The molecule has 170 valence electrons. The average Bonchev–Trinajstić information content (AvgIpc) is 3.20. The molecule has 4 rings (SSSR count). The summed E-state index contributed by atoms with van der Waals surface area (Å²) in [5.74, 6) is 0.844. The summed E-state index contributed by atoms with van der Waals surface area (Å²) in [6, 6.07) is 11.5. The lowest BCUT2D eigenvalue weighted by Crippen LogP contribution is -2.43.